The molecule has 1 aliphatic rings. The van der Waals surface area contributed by atoms with Crippen molar-refractivity contribution >= 4 is 17.6 Å². The Balaban J connectivity index is 2.10. The zero-order chi connectivity index (χ0) is 17.7. The molecular formula is C15H18N2O7. The van der Waals surface area contributed by atoms with Crippen LogP contribution in [-0.2, 0) is 23.8 Å². The summed E-state index contributed by atoms with van der Waals surface area (Å²) in [7, 11) is 0. The van der Waals surface area contributed by atoms with Crippen LogP contribution in [0.3, 0.4) is 0 Å². The Kier molecular flexibility index (Phi) is 5.47. The maximum absolute atomic E-state index is 11.1. The quantitative estimate of drug-likeness (QED) is 0.465. The van der Waals surface area contributed by atoms with E-state index in [2.05, 4.69) is 5.32 Å². The highest BCUT2D eigenvalue weighted by Gasteiger charge is 2.42. The minimum Gasteiger partial charge on any atom is -0.464 e. The van der Waals surface area contributed by atoms with Crippen molar-refractivity contribution in [2.45, 2.75) is 25.6 Å². The van der Waals surface area contributed by atoms with Crippen LogP contribution in [0, 0.1) is 10.1 Å². The van der Waals surface area contributed by atoms with Crippen molar-refractivity contribution in [3.8, 4) is 0 Å². The third-order valence-corrected chi connectivity index (χ3v) is 3.47. The Bertz CT molecular complexity index is 611. The predicted molar refractivity (Wildman–Crippen MR) is 80.9 cm³/mol. The van der Waals surface area contributed by atoms with E-state index >= 15 is 0 Å². The molecule has 0 aromatic heterocycles. The normalized spacial score (nSPS) is 18.8. The summed E-state index contributed by atoms with van der Waals surface area (Å²) >= 11 is 0. The molecule has 24 heavy (non-hydrogen) atoms. The first-order valence-corrected chi connectivity index (χ1v) is 7.22. The zero-order valence-corrected chi connectivity index (χ0v) is 13.3. The van der Waals surface area contributed by atoms with E-state index in [0.717, 1.165) is 0 Å². The first-order chi connectivity index (χ1) is 11.3. The van der Waals surface area contributed by atoms with Crippen LogP contribution < -0.4 is 5.32 Å². The average molecular weight is 338 g/mol. The number of carbonyl (C=O) groups is 2. The highest BCUT2D eigenvalue weighted by molar-refractivity contribution is 5.66. The molecule has 0 saturated carbocycles. The van der Waals surface area contributed by atoms with Crippen molar-refractivity contribution in [2.75, 3.05) is 19.8 Å². The van der Waals surface area contributed by atoms with Crippen molar-refractivity contribution < 1.29 is 28.7 Å². The highest BCUT2D eigenvalue weighted by Crippen LogP contribution is 2.28. The fourth-order valence-electron chi connectivity index (χ4n) is 2.24. The number of nitro benzene ring substituents is 1. The van der Waals surface area contributed by atoms with Crippen LogP contribution >= 0.6 is 0 Å². The maximum Gasteiger partial charge on any atom is 0.302 e. The summed E-state index contributed by atoms with van der Waals surface area (Å²) in [6, 6.07) is 5.89. The van der Waals surface area contributed by atoms with Crippen LogP contribution in [-0.4, -0.2) is 42.2 Å². The van der Waals surface area contributed by atoms with Gasteiger partial charge >= 0.3 is 11.9 Å². The number of nitro groups is 1. The van der Waals surface area contributed by atoms with Gasteiger partial charge in [0.2, 0.25) is 0 Å². The number of benzene rings is 1. The van der Waals surface area contributed by atoms with Gasteiger partial charge in [0.15, 0.2) is 0 Å². The Morgan fingerprint density at radius 3 is 2.25 bits per heavy atom. The average Bonchev–Trinajstić information content (AvgIpc) is 2.96. The lowest BCUT2D eigenvalue weighted by atomic mass is 10.0. The Hall–Kier alpha value is -2.52. The summed E-state index contributed by atoms with van der Waals surface area (Å²) < 4.78 is 15.7. The second-order valence-corrected chi connectivity index (χ2v) is 5.52. The third kappa shape index (κ3) is 4.49. The second-order valence-electron chi connectivity index (χ2n) is 5.52. The third-order valence-electron chi connectivity index (χ3n) is 3.47. The number of hydrogen-bond donors (Lipinski definition) is 1. The number of ether oxygens (including phenoxy) is 3. The highest BCUT2D eigenvalue weighted by atomic mass is 16.6. The van der Waals surface area contributed by atoms with Crippen molar-refractivity contribution in [3.05, 3.63) is 39.9 Å². The fraction of sp³-hybridized carbons (Fsp3) is 0.467. The summed E-state index contributed by atoms with van der Waals surface area (Å²) in [6.45, 7) is 2.65. The molecule has 1 heterocycles. The molecular weight excluding hydrogens is 320 g/mol. The van der Waals surface area contributed by atoms with Crippen molar-refractivity contribution in [1.82, 2.24) is 5.32 Å². The second kappa shape index (κ2) is 7.37. The van der Waals surface area contributed by atoms with Gasteiger partial charge in [-0.3, -0.25) is 25.0 Å². The molecule has 9 nitrogen and oxygen atoms in total. The van der Waals surface area contributed by atoms with Gasteiger partial charge in [0.05, 0.1) is 11.5 Å². The summed E-state index contributed by atoms with van der Waals surface area (Å²) in [6.07, 6.45) is -0.558. The fourth-order valence-corrected chi connectivity index (χ4v) is 2.24. The van der Waals surface area contributed by atoms with E-state index in [-0.39, 0.29) is 25.5 Å². The minimum absolute atomic E-state index is 0.0252. The van der Waals surface area contributed by atoms with Crippen molar-refractivity contribution in [2.24, 2.45) is 0 Å². The molecule has 0 radical (unpaired) electrons. The summed E-state index contributed by atoms with van der Waals surface area (Å²) in [4.78, 5) is 32.4. The lowest BCUT2D eigenvalue weighted by molar-refractivity contribution is -0.384. The monoisotopic (exact) mass is 338 g/mol. The first-order valence-electron chi connectivity index (χ1n) is 7.22. The molecule has 1 saturated heterocycles. The molecule has 0 bridgehead atoms. The molecule has 1 unspecified atom stereocenters. The van der Waals surface area contributed by atoms with E-state index in [0.29, 0.717) is 5.56 Å². The molecule has 2 rings (SSSR count). The lowest BCUT2D eigenvalue weighted by Crippen LogP contribution is -2.52. The molecule has 1 N–H and O–H groups in total. The maximum atomic E-state index is 11.1. The summed E-state index contributed by atoms with van der Waals surface area (Å²) in [5.41, 5.74) is -0.222. The van der Waals surface area contributed by atoms with Crippen molar-refractivity contribution in [3.63, 3.8) is 0 Å². The number of nitrogens with zero attached hydrogens (tertiary/aromatic N) is 1. The van der Waals surface area contributed by atoms with Crippen LogP contribution in [0.25, 0.3) is 0 Å². The van der Waals surface area contributed by atoms with Gasteiger partial charge in [-0.1, -0.05) is 0 Å². The van der Waals surface area contributed by atoms with E-state index in [1.54, 1.807) is 12.1 Å². The van der Waals surface area contributed by atoms with E-state index < -0.39 is 28.6 Å². The van der Waals surface area contributed by atoms with Crippen LogP contribution in [0.1, 0.15) is 25.6 Å². The van der Waals surface area contributed by atoms with Gasteiger partial charge in [0.25, 0.3) is 5.69 Å². The standard InChI is InChI=1S/C15H18N2O7/c1-10(18)22-7-15(8-23-11(2)19)9-24-14(16-15)12-3-5-13(6-4-12)17(20)21/h3-6,14,16H,7-9H2,1-2H3. The topological polar surface area (TPSA) is 117 Å². The molecule has 130 valence electrons. The van der Waals surface area contributed by atoms with Crippen LogP contribution in [0.5, 0.6) is 0 Å². The number of non-ortho nitro benzene ring substituents is 1. The Morgan fingerprint density at radius 1 is 1.25 bits per heavy atom. The van der Waals surface area contributed by atoms with Gasteiger partial charge in [-0.25, -0.2) is 0 Å². The number of rotatable bonds is 6. The van der Waals surface area contributed by atoms with Gasteiger partial charge in [-0.05, 0) is 17.7 Å². The molecule has 1 aromatic carbocycles. The predicted octanol–water partition coefficient (Wildman–Crippen LogP) is 1.08. The molecule has 1 fully saturated rings. The van der Waals surface area contributed by atoms with E-state index in [4.69, 9.17) is 14.2 Å². The molecule has 0 amide bonds. The molecule has 0 spiro atoms. The molecule has 1 atom stereocenters. The van der Waals surface area contributed by atoms with Crippen molar-refractivity contribution in [1.29, 1.82) is 0 Å². The first kappa shape index (κ1) is 17.8. The summed E-state index contributed by atoms with van der Waals surface area (Å²) in [5, 5.41) is 13.8. The Labute approximate surface area is 138 Å². The van der Waals surface area contributed by atoms with Gasteiger partial charge < -0.3 is 14.2 Å². The number of esters is 2. The lowest BCUT2D eigenvalue weighted by Gasteiger charge is -2.27. The minimum atomic E-state index is -0.871. The zero-order valence-electron chi connectivity index (χ0n) is 13.3. The van der Waals surface area contributed by atoms with Crippen LogP contribution in [0.2, 0.25) is 0 Å². The van der Waals surface area contributed by atoms with Crippen LogP contribution in [0.15, 0.2) is 24.3 Å². The molecule has 1 aliphatic heterocycles. The van der Waals surface area contributed by atoms with Gasteiger partial charge in [-0.15, -0.1) is 0 Å². The Morgan fingerprint density at radius 2 is 1.79 bits per heavy atom. The van der Waals surface area contributed by atoms with Gasteiger partial charge in [0, 0.05) is 26.0 Å². The smallest absolute Gasteiger partial charge is 0.302 e. The van der Waals surface area contributed by atoms with E-state index in [1.807, 2.05) is 0 Å². The molecule has 1 aromatic rings. The number of nitrogens with one attached hydrogen (secondary N) is 1. The van der Waals surface area contributed by atoms with E-state index in [9.17, 15) is 19.7 Å². The molecule has 0 aliphatic carbocycles. The SMILES string of the molecule is CC(=O)OCC1(COC(C)=O)COC(c2ccc([N+](=O)[O-])cc2)N1. The largest absolute Gasteiger partial charge is 0.464 e. The number of hydrogen-bond acceptors (Lipinski definition) is 8. The van der Waals surface area contributed by atoms with E-state index in [1.165, 1.54) is 26.0 Å². The van der Waals surface area contributed by atoms with Gasteiger partial charge in [0.1, 0.15) is 25.0 Å². The summed E-state index contributed by atoms with van der Waals surface area (Å²) in [5.74, 6) is -0.921. The molecule has 9 heteroatoms. The number of carbonyl (C=O) groups excluding carboxylic acids is 2. The van der Waals surface area contributed by atoms with Crippen LogP contribution in [0.4, 0.5) is 5.69 Å². The van der Waals surface area contributed by atoms with Gasteiger partial charge in [-0.2, -0.15) is 0 Å².